The quantitative estimate of drug-likeness (QED) is 0.585. The van der Waals surface area contributed by atoms with Gasteiger partial charge in [-0.25, -0.2) is 15.0 Å². The molecule has 7 heteroatoms. The van der Waals surface area contributed by atoms with Crippen molar-refractivity contribution >= 4 is 16.9 Å². The molecule has 0 saturated heterocycles. The molecule has 0 bridgehead atoms. The number of hydrogen-bond donors (Lipinski definition) is 2. The average molecular weight is 316 g/mol. The second kappa shape index (κ2) is 5.54. The number of benzene rings is 1. The Bertz CT molecular complexity index is 1090. The van der Waals surface area contributed by atoms with E-state index in [2.05, 4.69) is 24.9 Å². The molecule has 0 aliphatic carbocycles. The zero-order chi connectivity index (χ0) is 16.5. The van der Waals surface area contributed by atoms with Gasteiger partial charge in [0.25, 0.3) is 5.56 Å². The fraction of sp³-hybridized carbons (Fsp3) is 0. The Kier molecular flexibility index (Phi) is 3.24. The molecule has 7 nitrogen and oxygen atoms in total. The van der Waals surface area contributed by atoms with Crippen molar-refractivity contribution in [3.8, 4) is 22.8 Å². The van der Waals surface area contributed by atoms with Crippen molar-refractivity contribution in [2.45, 2.75) is 0 Å². The number of anilines is 1. The van der Waals surface area contributed by atoms with Crippen LogP contribution in [0.1, 0.15) is 0 Å². The average Bonchev–Trinajstić information content (AvgIpc) is 2.62. The number of para-hydroxylation sites is 1. The van der Waals surface area contributed by atoms with E-state index in [4.69, 9.17) is 5.73 Å². The molecule has 3 aromatic heterocycles. The number of nitrogen functional groups attached to an aromatic ring is 1. The first-order valence-corrected chi connectivity index (χ1v) is 7.25. The number of nitrogens with zero attached hydrogens (tertiary/aromatic N) is 4. The van der Waals surface area contributed by atoms with E-state index in [1.807, 2.05) is 18.2 Å². The van der Waals surface area contributed by atoms with E-state index in [1.165, 1.54) is 0 Å². The number of rotatable bonds is 2. The largest absolute Gasteiger partial charge is 0.368 e. The van der Waals surface area contributed by atoms with Crippen LogP contribution in [0.3, 0.4) is 0 Å². The van der Waals surface area contributed by atoms with Crippen LogP contribution >= 0.6 is 0 Å². The van der Waals surface area contributed by atoms with Crippen LogP contribution in [0.25, 0.3) is 33.7 Å². The van der Waals surface area contributed by atoms with Crippen molar-refractivity contribution < 1.29 is 0 Å². The highest BCUT2D eigenvalue weighted by atomic mass is 16.1. The van der Waals surface area contributed by atoms with Crippen LogP contribution in [0.2, 0.25) is 0 Å². The first-order valence-electron chi connectivity index (χ1n) is 7.25. The fourth-order valence-corrected chi connectivity index (χ4v) is 2.47. The normalized spacial score (nSPS) is 10.8. The first-order chi connectivity index (χ1) is 11.7. The van der Waals surface area contributed by atoms with Crippen LogP contribution in [0, 0.1) is 0 Å². The van der Waals surface area contributed by atoms with Crippen molar-refractivity contribution in [2.75, 3.05) is 5.73 Å². The Balaban J connectivity index is 1.91. The summed E-state index contributed by atoms with van der Waals surface area (Å²) < 4.78 is 0. The maximum Gasteiger partial charge on any atom is 0.259 e. The molecule has 0 atom stereocenters. The second-order valence-corrected chi connectivity index (χ2v) is 5.16. The molecule has 0 spiro atoms. The van der Waals surface area contributed by atoms with Gasteiger partial charge in [-0.3, -0.25) is 9.78 Å². The van der Waals surface area contributed by atoms with Gasteiger partial charge in [0, 0.05) is 18.0 Å². The van der Waals surface area contributed by atoms with Crippen LogP contribution in [0.5, 0.6) is 0 Å². The molecule has 0 aliphatic heterocycles. The minimum atomic E-state index is -0.224. The number of pyridine rings is 1. The lowest BCUT2D eigenvalue weighted by molar-refractivity contribution is 1.12. The predicted molar refractivity (Wildman–Crippen MR) is 91.0 cm³/mol. The van der Waals surface area contributed by atoms with E-state index in [-0.39, 0.29) is 11.5 Å². The summed E-state index contributed by atoms with van der Waals surface area (Å²) in [6, 6.07) is 12.5. The van der Waals surface area contributed by atoms with E-state index in [0.29, 0.717) is 28.1 Å². The zero-order valence-corrected chi connectivity index (χ0v) is 12.5. The summed E-state index contributed by atoms with van der Waals surface area (Å²) in [6.45, 7) is 0. The number of hydrogen-bond acceptors (Lipinski definition) is 6. The number of H-pyrrole nitrogens is 1. The molecular weight excluding hydrogens is 304 g/mol. The summed E-state index contributed by atoms with van der Waals surface area (Å²) in [4.78, 5) is 31.9. The summed E-state index contributed by atoms with van der Waals surface area (Å²) in [7, 11) is 0. The van der Waals surface area contributed by atoms with Gasteiger partial charge < -0.3 is 10.7 Å². The Morgan fingerprint density at radius 2 is 1.67 bits per heavy atom. The maximum absolute atomic E-state index is 12.2. The van der Waals surface area contributed by atoms with E-state index < -0.39 is 0 Å². The standard InChI is InChI=1S/C17H12N6O/c18-17-21-13(10-5-7-19-8-6-10)9-14(22-17)15-20-12-4-2-1-3-11(12)16(24)23-15/h1-9H,(H2,18,21,22)(H,20,23,24). The van der Waals surface area contributed by atoms with Gasteiger partial charge in [-0.1, -0.05) is 12.1 Å². The Morgan fingerprint density at radius 1 is 0.917 bits per heavy atom. The lowest BCUT2D eigenvalue weighted by atomic mass is 10.1. The molecule has 0 aliphatic rings. The minimum Gasteiger partial charge on any atom is -0.368 e. The zero-order valence-electron chi connectivity index (χ0n) is 12.5. The third kappa shape index (κ3) is 2.48. The second-order valence-electron chi connectivity index (χ2n) is 5.16. The fourth-order valence-electron chi connectivity index (χ4n) is 2.47. The Labute approximate surface area is 136 Å². The summed E-state index contributed by atoms with van der Waals surface area (Å²) >= 11 is 0. The highest BCUT2D eigenvalue weighted by molar-refractivity contribution is 5.79. The van der Waals surface area contributed by atoms with Crippen molar-refractivity contribution in [1.82, 2.24) is 24.9 Å². The van der Waals surface area contributed by atoms with Crippen molar-refractivity contribution in [2.24, 2.45) is 0 Å². The van der Waals surface area contributed by atoms with Crippen molar-refractivity contribution in [3.63, 3.8) is 0 Å². The summed E-state index contributed by atoms with van der Waals surface area (Å²) in [5, 5.41) is 0.526. The van der Waals surface area contributed by atoms with Crippen LogP contribution in [0.15, 0.2) is 59.7 Å². The summed E-state index contributed by atoms with van der Waals surface area (Å²) in [5.41, 5.74) is 8.14. The van der Waals surface area contributed by atoms with Gasteiger partial charge in [-0.15, -0.1) is 0 Å². The molecular formula is C17H12N6O. The number of aromatic amines is 1. The van der Waals surface area contributed by atoms with Crippen LogP contribution in [0.4, 0.5) is 5.95 Å². The van der Waals surface area contributed by atoms with E-state index in [1.54, 1.807) is 36.7 Å². The Hall–Kier alpha value is -3.61. The van der Waals surface area contributed by atoms with Gasteiger partial charge in [-0.05, 0) is 30.3 Å². The lowest BCUT2D eigenvalue weighted by Crippen LogP contribution is -2.10. The highest BCUT2D eigenvalue weighted by Gasteiger charge is 2.10. The smallest absolute Gasteiger partial charge is 0.259 e. The van der Waals surface area contributed by atoms with E-state index in [0.717, 1.165) is 5.56 Å². The molecule has 0 fully saturated rings. The molecule has 116 valence electrons. The van der Waals surface area contributed by atoms with Gasteiger partial charge in [-0.2, -0.15) is 0 Å². The number of nitrogens with two attached hydrogens (primary N) is 1. The van der Waals surface area contributed by atoms with E-state index in [9.17, 15) is 4.79 Å². The molecule has 0 radical (unpaired) electrons. The summed E-state index contributed by atoms with van der Waals surface area (Å²) in [6.07, 6.45) is 3.34. The first kappa shape index (κ1) is 14.0. The Morgan fingerprint density at radius 3 is 2.50 bits per heavy atom. The van der Waals surface area contributed by atoms with Gasteiger partial charge in [0.05, 0.1) is 16.6 Å². The number of fused-ring (bicyclic) bond motifs is 1. The molecule has 4 rings (SSSR count). The third-order valence-corrected chi connectivity index (χ3v) is 3.58. The van der Waals surface area contributed by atoms with Gasteiger partial charge in [0.1, 0.15) is 5.69 Å². The van der Waals surface area contributed by atoms with Crippen LogP contribution in [-0.2, 0) is 0 Å². The minimum absolute atomic E-state index is 0.107. The predicted octanol–water partition coefficient (Wildman–Crippen LogP) is 2.02. The van der Waals surface area contributed by atoms with Crippen LogP contribution in [-0.4, -0.2) is 24.9 Å². The van der Waals surface area contributed by atoms with Gasteiger partial charge in [0.15, 0.2) is 5.82 Å². The van der Waals surface area contributed by atoms with Crippen molar-refractivity contribution in [1.29, 1.82) is 0 Å². The van der Waals surface area contributed by atoms with Gasteiger partial charge in [0.2, 0.25) is 5.95 Å². The monoisotopic (exact) mass is 316 g/mol. The lowest BCUT2D eigenvalue weighted by Gasteiger charge is -2.06. The summed E-state index contributed by atoms with van der Waals surface area (Å²) in [5.74, 6) is 0.457. The topological polar surface area (TPSA) is 110 Å². The van der Waals surface area contributed by atoms with Gasteiger partial charge >= 0.3 is 0 Å². The highest BCUT2D eigenvalue weighted by Crippen LogP contribution is 2.22. The number of nitrogens with one attached hydrogen (secondary N) is 1. The maximum atomic E-state index is 12.2. The molecule has 0 unspecified atom stereocenters. The molecule has 4 aromatic rings. The third-order valence-electron chi connectivity index (χ3n) is 3.58. The van der Waals surface area contributed by atoms with Crippen molar-refractivity contribution in [3.05, 3.63) is 65.2 Å². The molecule has 3 N–H and O–H groups in total. The molecule has 1 aromatic carbocycles. The van der Waals surface area contributed by atoms with E-state index >= 15 is 0 Å². The molecule has 0 saturated carbocycles. The number of aromatic nitrogens is 5. The SMILES string of the molecule is Nc1nc(-c2ccncc2)cc(-c2nc3ccccc3c(=O)[nH]2)n1. The molecule has 0 amide bonds. The molecule has 3 heterocycles. The molecule has 24 heavy (non-hydrogen) atoms. The van der Waals surface area contributed by atoms with Crippen LogP contribution < -0.4 is 11.3 Å².